The summed E-state index contributed by atoms with van der Waals surface area (Å²) >= 11 is 0. The average Bonchev–Trinajstić information content (AvgIpc) is 2.30. The number of hydrogen-bond donors (Lipinski definition) is 0. The van der Waals surface area contributed by atoms with E-state index in [1.165, 1.54) is 5.56 Å². The van der Waals surface area contributed by atoms with E-state index in [1.54, 1.807) is 0 Å². The lowest BCUT2D eigenvalue weighted by Crippen LogP contribution is -2.28. The van der Waals surface area contributed by atoms with Crippen molar-refractivity contribution < 1.29 is 4.74 Å². The number of ether oxygens (including phenoxy) is 1. The Morgan fingerprint density at radius 3 is 2.59 bits per heavy atom. The molecule has 0 aliphatic carbocycles. The maximum Gasteiger partial charge on any atom is 0.0597 e. The molecule has 0 heterocycles. The Morgan fingerprint density at radius 2 is 2.00 bits per heavy atom. The van der Waals surface area contributed by atoms with Crippen LogP contribution in [-0.2, 0) is 11.3 Å². The highest BCUT2D eigenvalue weighted by Crippen LogP contribution is 2.04. The van der Waals surface area contributed by atoms with Gasteiger partial charge in [-0.05, 0) is 19.4 Å². The standard InChI is InChI=1S/C15H23NO/c1-4-10-16(11-12-17-14(2)3)13-15-8-6-5-7-9-15/h4-9,14H,1,10-13H2,2-3H3. The van der Waals surface area contributed by atoms with Crippen LogP contribution in [-0.4, -0.2) is 30.7 Å². The lowest BCUT2D eigenvalue weighted by Gasteiger charge is -2.21. The summed E-state index contributed by atoms with van der Waals surface area (Å²) in [5.41, 5.74) is 1.33. The summed E-state index contributed by atoms with van der Waals surface area (Å²) in [4.78, 5) is 2.34. The molecule has 0 N–H and O–H groups in total. The molecule has 0 bridgehead atoms. The highest BCUT2D eigenvalue weighted by molar-refractivity contribution is 5.14. The molecule has 0 saturated carbocycles. The molecule has 1 aromatic carbocycles. The van der Waals surface area contributed by atoms with Gasteiger partial charge in [-0.1, -0.05) is 36.4 Å². The van der Waals surface area contributed by atoms with Crippen molar-refractivity contribution in [2.24, 2.45) is 0 Å². The van der Waals surface area contributed by atoms with Gasteiger partial charge in [0.05, 0.1) is 12.7 Å². The largest absolute Gasteiger partial charge is 0.377 e. The van der Waals surface area contributed by atoms with Crippen LogP contribution in [0.15, 0.2) is 43.0 Å². The Balaban J connectivity index is 2.40. The fourth-order valence-electron chi connectivity index (χ4n) is 1.68. The van der Waals surface area contributed by atoms with E-state index in [0.29, 0.717) is 6.10 Å². The van der Waals surface area contributed by atoms with Crippen molar-refractivity contribution in [3.63, 3.8) is 0 Å². The van der Waals surface area contributed by atoms with Crippen molar-refractivity contribution in [1.82, 2.24) is 4.90 Å². The molecule has 0 unspecified atom stereocenters. The van der Waals surface area contributed by atoms with E-state index in [9.17, 15) is 0 Å². The van der Waals surface area contributed by atoms with Gasteiger partial charge in [-0.15, -0.1) is 6.58 Å². The summed E-state index contributed by atoms with van der Waals surface area (Å²) in [6.07, 6.45) is 2.25. The van der Waals surface area contributed by atoms with E-state index >= 15 is 0 Å². The normalized spacial score (nSPS) is 11.1. The predicted molar refractivity (Wildman–Crippen MR) is 73.0 cm³/mol. The number of hydrogen-bond acceptors (Lipinski definition) is 2. The molecule has 0 radical (unpaired) electrons. The summed E-state index contributed by atoms with van der Waals surface area (Å²) < 4.78 is 5.58. The minimum absolute atomic E-state index is 0.303. The van der Waals surface area contributed by atoms with E-state index in [1.807, 2.05) is 12.1 Å². The van der Waals surface area contributed by atoms with Crippen LogP contribution in [0.4, 0.5) is 0 Å². The maximum absolute atomic E-state index is 5.58. The molecule has 0 saturated heterocycles. The van der Waals surface area contributed by atoms with Crippen molar-refractivity contribution in [3.05, 3.63) is 48.6 Å². The Hall–Kier alpha value is -1.12. The highest BCUT2D eigenvalue weighted by Gasteiger charge is 2.04. The van der Waals surface area contributed by atoms with Gasteiger partial charge in [-0.2, -0.15) is 0 Å². The van der Waals surface area contributed by atoms with Gasteiger partial charge in [-0.3, -0.25) is 4.90 Å². The fraction of sp³-hybridized carbons (Fsp3) is 0.467. The minimum Gasteiger partial charge on any atom is -0.377 e. The molecule has 0 atom stereocenters. The Kier molecular flexibility index (Phi) is 6.60. The second-order valence-corrected chi connectivity index (χ2v) is 4.43. The van der Waals surface area contributed by atoms with Gasteiger partial charge in [0.15, 0.2) is 0 Å². The number of nitrogens with zero attached hydrogens (tertiary/aromatic N) is 1. The Bertz CT molecular complexity index is 308. The third-order valence-corrected chi connectivity index (χ3v) is 2.50. The number of benzene rings is 1. The Labute approximate surface area is 105 Å². The zero-order valence-corrected chi connectivity index (χ0v) is 10.9. The van der Waals surface area contributed by atoms with Crippen LogP contribution in [0.3, 0.4) is 0 Å². The first-order chi connectivity index (χ1) is 8.22. The fourth-order valence-corrected chi connectivity index (χ4v) is 1.68. The van der Waals surface area contributed by atoms with Crippen LogP contribution in [0.2, 0.25) is 0 Å². The van der Waals surface area contributed by atoms with Crippen LogP contribution in [0.1, 0.15) is 19.4 Å². The molecule has 2 nitrogen and oxygen atoms in total. The van der Waals surface area contributed by atoms with Gasteiger partial charge in [-0.25, -0.2) is 0 Å². The predicted octanol–water partition coefficient (Wildman–Crippen LogP) is 3.10. The van der Waals surface area contributed by atoms with Crippen LogP contribution in [0.25, 0.3) is 0 Å². The molecule has 0 fully saturated rings. The molecule has 0 aliphatic rings. The van der Waals surface area contributed by atoms with Crippen molar-refractivity contribution in [1.29, 1.82) is 0 Å². The molecule has 1 aromatic rings. The van der Waals surface area contributed by atoms with Crippen LogP contribution < -0.4 is 0 Å². The van der Waals surface area contributed by atoms with E-state index in [2.05, 4.69) is 49.6 Å². The first-order valence-electron chi connectivity index (χ1n) is 6.21. The first-order valence-corrected chi connectivity index (χ1v) is 6.21. The summed E-state index contributed by atoms with van der Waals surface area (Å²) in [5, 5.41) is 0. The van der Waals surface area contributed by atoms with E-state index < -0.39 is 0 Å². The zero-order valence-electron chi connectivity index (χ0n) is 10.9. The third-order valence-electron chi connectivity index (χ3n) is 2.50. The lowest BCUT2D eigenvalue weighted by molar-refractivity contribution is 0.0599. The molecule has 17 heavy (non-hydrogen) atoms. The summed E-state index contributed by atoms with van der Waals surface area (Å²) in [6, 6.07) is 10.5. The van der Waals surface area contributed by atoms with E-state index in [-0.39, 0.29) is 0 Å². The molecule has 1 rings (SSSR count). The molecule has 2 heteroatoms. The van der Waals surface area contributed by atoms with Crippen LogP contribution in [0.5, 0.6) is 0 Å². The second kappa shape index (κ2) is 8.04. The maximum atomic E-state index is 5.58. The van der Waals surface area contributed by atoms with Crippen LogP contribution in [0, 0.1) is 0 Å². The minimum atomic E-state index is 0.303. The monoisotopic (exact) mass is 233 g/mol. The lowest BCUT2D eigenvalue weighted by atomic mass is 10.2. The van der Waals surface area contributed by atoms with Crippen molar-refractivity contribution in [2.75, 3.05) is 19.7 Å². The van der Waals surface area contributed by atoms with Gasteiger partial charge >= 0.3 is 0 Å². The highest BCUT2D eigenvalue weighted by atomic mass is 16.5. The van der Waals surface area contributed by atoms with Gasteiger partial charge in [0.1, 0.15) is 0 Å². The topological polar surface area (TPSA) is 12.5 Å². The molecule has 94 valence electrons. The van der Waals surface area contributed by atoms with Crippen molar-refractivity contribution in [3.8, 4) is 0 Å². The molecule has 0 spiro atoms. The molecule has 0 aliphatic heterocycles. The summed E-state index contributed by atoms with van der Waals surface area (Å²) in [5.74, 6) is 0. The average molecular weight is 233 g/mol. The second-order valence-electron chi connectivity index (χ2n) is 4.43. The SMILES string of the molecule is C=CCN(CCOC(C)C)Cc1ccccc1. The van der Waals surface area contributed by atoms with Crippen molar-refractivity contribution in [2.45, 2.75) is 26.5 Å². The van der Waals surface area contributed by atoms with Gasteiger partial charge in [0, 0.05) is 19.6 Å². The quantitative estimate of drug-likeness (QED) is 0.640. The molecule has 0 amide bonds. The zero-order chi connectivity index (χ0) is 12.5. The van der Waals surface area contributed by atoms with Crippen molar-refractivity contribution >= 4 is 0 Å². The number of rotatable bonds is 8. The summed E-state index contributed by atoms with van der Waals surface area (Å²) in [7, 11) is 0. The molecule has 0 aromatic heterocycles. The van der Waals surface area contributed by atoms with Gasteiger partial charge in [0.2, 0.25) is 0 Å². The van der Waals surface area contributed by atoms with Crippen LogP contribution >= 0.6 is 0 Å². The Morgan fingerprint density at radius 1 is 1.29 bits per heavy atom. The van der Waals surface area contributed by atoms with Gasteiger partial charge in [0.25, 0.3) is 0 Å². The smallest absolute Gasteiger partial charge is 0.0597 e. The molecular weight excluding hydrogens is 210 g/mol. The van der Waals surface area contributed by atoms with Gasteiger partial charge < -0.3 is 4.74 Å². The van der Waals surface area contributed by atoms with E-state index in [0.717, 1.165) is 26.2 Å². The summed E-state index contributed by atoms with van der Waals surface area (Å²) in [6.45, 7) is 11.5. The van der Waals surface area contributed by atoms with E-state index in [4.69, 9.17) is 4.74 Å². The molecular formula is C15H23NO. The first kappa shape index (κ1) is 13.9. The third kappa shape index (κ3) is 6.25.